The van der Waals surface area contributed by atoms with Gasteiger partial charge in [0.05, 0.1) is 6.26 Å². The van der Waals surface area contributed by atoms with Crippen molar-refractivity contribution in [2.75, 3.05) is 19.3 Å². The van der Waals surface area contributed by atoms with Crippen LogP contribution in [0.3, 0.4) is 0 Å². The molecule has 122 valence electrons. The van der Waals surface area contributed by atoms with Crippen LogP contribution in [0.15, 0.2) is 0 Å². The Hall–Kier alpha value is -1.35. The second kappa shape index (κ2) is 7.60. The molecule has 1 aliphatic carbocycles. The predicted octanol–water partition coefficient (Wildman–Crippen LogP) is 0.0124. The standard InChI is InChI=1S/C12H23N3O5S/c1-21(19,20)14-9-8-13-11(18)15-12(10(16)17)6-4-2-3-5-7-12/h14H,2-9H2,1H3,(H,16,17)(H2,13,15,18). The highest BCUT2D eigenvalue weighted by atomic mass is 32.2. The number of sulfonamides is 1. The molecular formula is C12H23N3O5S. The molecule has 8 nitrogen and oxygen atoms in total. The Morgan fingerprint density at radius 1 is 1.10 bits per heavy atom. The van der Waals surface area contributed by atoms with E-state index in [1.807, 2.05) is 0 Å². The van der Waals surface area contributed by atoms with Crippen LogP contribution in [0.25, 0.3) is 0 Å². The van der Waals surface area contributed by atoms with Crippen molar-refractivity contribution in [2.24, 2.45) is 0 Å². The number of hydrogen-bond donors (Lipinski definition) is 4. The number of rotatable bonds is 6. The summed E-state index contributed by atoms with van der Waals surface area (Å²) in [5.74, 6) is -1.02. The van der Waals surface area contributed by atoms with Crippen LogP contribution in [0, 0.1) is 0 Å². The van der Waals surface area contributed by atoms with Crippen molar-refractivity contribution in [2.45, 2.75) is 44.1 Å². The number of carbonyl (C=O) groups is 2. The Kier molecular flexibility index (Phi) is 6.41. The normalized spacial score (nSPS) is 18.5. The van der Waals surface area contributed by atoms with Gasteiger partial charge in [-0.15, -0.1) is 0 Å². The molecule has 0 aromatic carbocycles. The van der Waals surface area contributed by atoms with E-state index >= 15 is 0 Å². The number of carboxylic acids is 1. The van der Waals surface area contributed by atoms with Gasteiger partial charge in [-0.1, -0.05) is 25.7 Å². The van der Waals surface area contributed by atoms with Gasteiger partial charge in [0.15, 0.2) is 0 Å². The number of hydrogen-bond acceptors (Lipinski definition) is 4. The summed E-state index contributed by atoms with van der Waals surface area (Å²) in [5.41, 5.74) is -1.22. The van der Waals surface area contributed by atoms with E-state index in [1.54, 1.807) is 0 Å². The Morgan fingerprint density at radius 3 is 2.14 bits per heavy atom. The van der Waals surface area contributed by atoms with Crippen LogP contribution in [0.4, 0.5) is 4.79 Å². The molecule has 1 fully saturated rings. The maximum Gasteiger partial charge on any atom is 0.329 e. The summed E-state index contributed by atoms with van der Waals surface area (Å²) in [5, 5.41) is 14.4. The Balaban J connectivity index is 2.47. The lowest BCUT2D eigenvalue weighted by molar-refractivity contribution is -0.145. The molecule has 0 saturated heterocycles. The molecule has 1 rings (SSSR count). The summed E-state index contributed by atoms with van der Waals surface area (Å²) in [6, 6.07) is -0.588. The Morgan fingerprint density at radius 2 is 1.67 bits per heavy atom. The van der Waals surface area contributed by atoms with Gasteiger partial charge in [0, 0.05) is 13.1 Å². The van der Waals surface area contributed by atoms with E-state index in [0.29, 0.717) is 12.8 Å². The fourth-order valence-corrected chi connectivity index (χ4v) is 2.87. The van der Waals surface area contributed by atoms with Crippen molar-refractivity contribution in [3.05, 3.63) is 0 Å². The minimum absolute atomic E-state index is 0.0618. The van der Waals surface area contributed by atoms with E-state index in [4.69, 9.17) is 0 Å². The fraction of sp³-hybridized carbons (Fsp3) is 0.833. The topological polar surface area (TPSA) is 125 Å². The molecule has 4 N–H and O–H groups in total. The number of aliphatic carboxylic acids is 1. The van der Waals surface area contributed by atoms with Gasteiger partial charge in [0.2, 0.25) is 10.0 Å². The molecule has 0 radical (unpaired) electrons. The van der Waals surface area contributed by atoms with Crippen molar-refractivity contribution in [3.8, 4) is 0 Å². The third-order valence-corrected chi connectivity index (χ3v) is 4.22. The smallest absolute Gasteiger partial charge is 0.329 e. The maximum atomic E-state index is 11.8. The third-order valence-electron chi connectivity index (χ3n) is 3.49. The zero-order valence-corrected chi connectivity index (χ0v) is 13.0. The molecule has 0 bridgehead atoms. The van der Waals surface area contributed by atoms with Gasteiger partial charge in [-0.05, 0) is 12.8 Å². The zero-order valence-electron chi connectivity index (χ0n) is 12.1. The van der Waals surface area contributed by atoms with E-state index in [9.17, 15) is 23.1 Å². The van der Waals surface area contributed by atoms with E-state index in [-0.39, 0.29) is 13.1 Å². The van der Waals surface area contributed by atoms with Gasteiger partial charge in [-0.2, -0.15) is 0 Å². The molecule has 2 amide bonds. The second-order valence-electron chi connectivity index (χ2n) is 5.35. The summed E-state index contributed by atoms with van der Waals surface area (Å²) in [7, 11) is -3.30. The van der Waals surface area contributed by atoms with Crippen LogP contribution in [0.2, 0.25) is 0 Å². The molecule has 0 spiro atoms. The van der Waals surface area contributed by atoms with E-state index in [1.165, 1.54) is 0 Å². The first-order valence-corrected chi connectivity index (χ1v) is 8.88. The van der Waals surface area contributed by atoms with E-state index < -0.39 is 27.6 Å². The highest BCUT2D eigenvalue weighted by molar-refractivity contribution is 7.88. The Labute approximate surface area is 124 Å². The van der Waals surface area contributed by atoms with Gasteiger partial charge in [-0.25, -0.2) is 22.7 Å². The average Bonchev–Trinajstić information content (AvgIpc) is 2.60. The molecule has 9 heteroatoms. The first-order chi connectivity index (χ1) is 9.75. The highest BCUT2D eigenvalue weighted by Gasteiger charge is 2.39. The third kappa shape index (κ3) is 6.30. The van der Waals surface area contributed by atoms with Gasteiger partial charge < -0.3 is 15.7 Å². The molecule has 0 unspecified atom stereocenters. The van der Waals surface area contributed by atoms with Crippen LogP contribution in [0.1, 0.15) is 38.5 Å². The van der Waals surface area contributed by atoms with Crippen molar-refractivity contribution < 1.29 is 23.1 Å². The lowest BCUT2D eigenvalue weighted by Gasteiger charge is -2.29. The first kappa shape index (κ1) is 17.7. The summed E-state index contributed by atoms with van der Waals surface area (Å²) < 4.78 is 23.9. The SMILES string of the molecule is CS(=O)(=O)NCCNC(=O)NC1(C(=O)O)CCCCCC1. The molecule has 0 aromatic rings. The number of carbonyl (C=O) groups excluding carboxylic acids is 1. The van der Waals surface area contributed by atoms with Crippen molar-refractivity contribution >= 4 is 22.0 Å². The summed E-state index contributed by atoms with van der Waals surface area (Å²) >= 11 is 0. The molecular weight excluding hydrogens is 298 g/mol. The minimum atomic E-state index is -3.30. The summed E-state index contributed by atoms with van der Waals surface area (Å²) in [6.07, 6.45) is 5.32. The molecule has 21 heavy (non-hydrogen) atoms. The monoisotopic (exact) mass is 321 g/mol. The van der Waals surface area contributed by atoms with Gasteiger partial charge in [0.25, 0.3) is 0 Å². The molecule has 0 atom stereocenters. The van der Waals surface area contributed by atoms with Crippen molar-refractivity contribution in [1.82, 2.24) is 15.4 Å². The number of nitrogens with one attached hydrogen (secondary N) is 3. The predicted molar refractivity (Wildman–Crippen MR) is 77.4 cm³/mol. The van der Waals surface area contributed by atoms with Crippen LogP contribution >= 0.6 is 0 Å². The zero-order chi connectivity index (χ0) is 15.9. The van der Waals surface area contributed by atoms with Gasteiger partial charge in [-0.3, -0.25) is 0 Å². The molecule has 1 saturated carbocycles. The lowest BCUT2D eigenvalue weighted by Crippen LogP contribution is -2.57. The largest absolute Gasteiger partial charge is 0.480 e. The van der Waals surface area contributed by atoms with Crippen LogP contribution in [0.5, 0.6) is 0 Å². The quantitative estimate of drug-likeness (QED) is 0.405. The molecule has 0 heterocycles. The van der Waals surface area contributed by atoms with Gasteiger partial charge >= 0.3 is 12.0 Å². The van der Waals surface area contributed by atoms with Gasteiger partial charge in [0.1, 0.15) is 5.54 Å². The van der Waals surface area contributed by atoms with Crippen molar-refractivity contribution in [1.29, 1.82) is 0 Å². The number of urea groups is 1. The number of carboxylic acid groups (broad SMARTS) is 1. The average molecular weight is 321 g/mol. The minimum Gasteiger partial charge on any atom is -0.480 e. The lowest BCUT2D eigenvalue weighted by atomic mass is 9.90. The van der Waals surface area contributed by atoms with Crippen LogP contribution in [-0.2, 0) is 14.8 Å². The van der Waals surface area contributed by atoms with Crippen LogP contribution < -0.4 is 15.4 Å². The second-order valence-corrected chi connectivity index (χ2v) is 7.18. The van der Waals surface area contributed by atoms with Crippen LogP contribution in [-0.4, -0.2) is 50.4 Å². The van der Waals surface area contributed by atoms with E-state index in [0.717, 1.165) is 31.9 Å². The summed E-state index contributed by atoms with van der Waals surface area (Å²) in [4.78, 5) is 23.3. The van der Waals surface area contributed by atoms with Crippen molar-refractivity contribution in [3.63, 3.8) is 0 Å². The first-order valence-electron chi connectivity index (χ1n) is 6.99. The maximum absolute atomic E-state index is 11.8. The molecule has 1 aliphatic rings. The van der Waals surface area contributed by atoms with E-state index in [2.05, 4.69) is 15.4 Å². The molecule has 0 aromatic heterocycles. The number of amides is 2. The summed E-state index contributed by atoms with van der Waals surface area (Å²) in [6.45, 7) is 0.154. The fourth-order valence-electron chi connectivity index (χ4n) is 2.40. The molecule has 0 aliphatic heterocycles. The Bertz CT molecular complexity index is 469. The highest BCUT2D eigenvalue weighted by Crippen LogP contribution is 2.27.